The van der Waals surface area contributed by atoms with Crippen molar-refractivity contribution in [3.8, 4) is 5.95 Å². The Morgan fingerprint density at radius 2 is 1.83 bits per heavy atom. The number of nitrogens with two attached hydrogens (primary N) is 1. The molecule has 9 heteroatoms. The quantitative estimate of drug-likeness (QED) is 0.537. The molecular weight excluding hydrogens is 380 g/mol. The van der Waals surface area contributed by atoms with E-state index in [0.29, 0.717) is 32.1 Å². The van der Waals surface area contributed by atoms with Crippen molar-refractivity contribution in [2.75, 3.05) is 37.7 Å². The number of rotatable bonds is 5. The second-order valence-corrected chi connectivity index (χ2v) is 7.45. The lowest BCUT2D eigenvalue weighted by Gasteiger charge is -2.28. The summed E-state index contributed by atoms with van der Waals surface area (Å²) in [6.07, 6.45) is 1.48. The van der Waals surface area contributed by atoms with E-state index in [1.165, 1.54) is 0 Å². The number of aromatic nitrogens is 6. The van der Waals surface area contributed by atoms with Crippen LogP contribution in [0.5, 0.6) is 0 Å². The molecule has 0 unspecified atom stereocenters. The minimum absolute atomic E-state index is 0.538. The molecule has 0 spiro atoms. The minimum atomic E-state index is 0.538. The van der Waals surface area contributed by atoms with Crippen molar-refractivity contribution in [3.05, 3.63) is 35.9 Å². The van der Waals surface area contributed by atoms with E-state index in [4.69, 9.17) is 30.4 Å². The van der Waals surface area contributed by atoms with E-state index in [2.05, 4.69) is 22.5 Å². The molecule has 0 atom stereocenters. The number of aryl methyl sites for hydroxylation is 2. The van der Waals surface area contributed by atoms with Crippen LogP contribution in [0.3, 0.4) is 0 Å². The second kappa shape index (κ2) is 7.66. The van der Waals surface area contributed by atoms with Crippen molar-refractivity contribution < 1.29 is 4.74 Å². The van der Waals surface area contributed by atoms with Crippen LogP contribution in [0.15, 0.2) is 24.3 Å². The molecule has 156 valence electrons. The van der Waals surface area contributed by atoms with Gasteiger partial charge in [0, 0.05) is 33.0 Å². The molecule has 1 aliphatic rings. The molecule has 5 rings (SSSR count). The molecule has 0 bridgehead atoms. The van der Waals surface area contributed by atoms with Crippen molar-refractivity contribution in [1.82, 2.24) is 29.1 Å². The largest absolute Gasteiger partial charge is 0.378 e. The number of ether oxygens (including phenoxy) is 1. The number of para-hydroxylation sites is 2. The molecule has 4 aromatic rings. The van der Waals surface area contributed by atoms with Crippen LogP contribution in [0.2, 0.25) is 0 Å². The lowest BCUT2D eigenvalue weighted by molar-refractivity contribution is 0.122. The summed E-state index contributed by atoms with van der Waals surface area (Å²) in [7, 11) is 1.99. The maximum atomic E-state index is 5.81. The average molecular weight is 406 g/mol. The fourth-order valence-electron chi connectivity index (χ4n) is 4.07. The fraction of sp³-hybridized carbons (Fsp3) is 0.429. The zero-order chi connectivity index (χ0) is 20.7. The van der Waals surface area contributed by atoms with Gasteiger partial charge >= 0.3 is 0 Å². The molecule has 0 radical (unpaired) electrons. The number of imidazole rings is 2. The zero-order valence-corrected chi connectivity index (χ0v) is 17.4. The smallest absolute Gasteiger partial charge is 0.239 e. The van der Waals surface area contributed by atoms with E-state index in [1.54, 1.807) is 0 Å². The second-order valence-electron chi connectivity index (χ2n) is 7.45. The van der Waals surface area contributed by atoms with Crippen molar-refractivity contribution in [2.45, 2.75) is 19.8 Å². The summed E-state index contributed by atoms with van der Waals surface area (Å²) in [6, 6.07) is 8.11. The summed E-state index contributed by atoms with van der Waals surface area (Å²) in [5, 5.41) is 0. The normalized spacial score (nSPS) is 14.8. The highest BCUT2D eigenvalue weighted by molar-refractivity contribution is 5.86. The summed E-state index contributed by atoms with van der Waals surface area (Å²) in [4.78, 5) is 21.9. The first kappa shape index (κ1) is 19.0. The molecule has 4 heterocycles. The van der Waals surface area contributed by atoms with Crippen LogP contribution in [0.1, 0.15) is 18.6 Å². The minimum Gasteiger partial charge on any atom is -0.378 e. The van der Waals surface area contributed by atoms with E-state index in [1.807, 2.05) is 29.8 Å². The molecule has 1 aliphatic heterocycles. The summed E-state index contributed by atoms with van der Waals surface area (Å²) < 4.78 is 9.65. The van der Waals surface area contributed by atoms with Crippen LogP contribution in [-0.4, -0.2) is 61.9 Å². The predicted octanol–water partition coefficient (Wildman–Crippen LogP) is 1.60. The number of benzene rings is 1. The highest BCUT2D eigenvalue weighted by Crippen LogP contribution is 2.28. The topological polar surface area (TPSA) is 99.9 Å². The molecule has 0 aliphatic carbocycles. The zero-order valence-electron chi connectivity index (χ0n) is 17.4. The van der Waals surface area contributed by atoms with Crippen molar-refractivity contribution in [3.63, 3.8) is 0 Å². The van der Waals surface area contributed by atoms with E-state index >= 15 is 0 Å². The van der Waals surface area contributed by atoms with E-state index in [9.17, 15) is 0 Å². The van der Waals surface area contributed by atoms with Gasteiger partial charge in [-0.25, -0.2) is 9.97 Å². The van der Waals surface area contributed by atoms with Gasteiger partial charge in [0.15, 0.2) is 17.0 Å². The van der Waals surface area contributed by atoms with Gasteiger partial charge < -0.3 is 19.9 Å². The van der Waals surface area contributed by atoms with Crippen LogP contribution < -0.4 is 10.6 Å². The molecule has 1 aromatic carbocycles. The van der Waals surface area contributed by atoms with Gasteiger partial charge in [-0.15, -0.1) is 0 Å². The average Bonchev–Trinajstić information content (AvgIpc) is 3.32. The lowest BCUT2D eigenvalue weighted by Crippen LogP contribution is -2.37. The summed E-state index contributed by atoms with van der Waals surface area (Å²) in [5.74, 6) is 3.32. The van der Waals surface area contributed by atoms with Crippen molar-refractivity contribution >= 4 is 28.0 Å². The van der Waals surface area contributed by atoms with Gasteiger partial charge in [0.05, 0.1) is 24.2 Å². The number of hydrogen-bond acceptors (Lipinski definition) is 7. The number of fused-ring (bicyclic) bond motifs is 2. The number of nitrogens with zero attached hydrogens (tertiary/aromatic N) is 7. The number of morpholine rings is 1. The Morgan fingerprint density at radius 1 is 1.03 bits per heavy atom. The molecule has 30 heavy (non-hydrogen) atoms. The first-order valence-electron chi connectivity index (χ1n) is 10.4. The van der Waals surface area contributed by atoms with Crippen LogP contribution in [0.4, 0.5) is 5.82 Å². The van der Waals surface area contributed by atoms with E-state index in [-0.39, 0.29) is 0 Å². The molecular formula is C21H26N8O. The molecule has 0 amide bonds. The predicted molar refractivity (Wildman–Crippen MR) is 116 cm³/mol. The standard InChI is InChI=1S/C21H26N8O/c1-3-16-23-14-6-4-5-7-15(14)29(16)21-25-19-18(24-17(8-9-22)27(19)2)20(26-21)28-10-12-30-13-11-28/h4-7H,3,8-13,22H2,1-2H3. The molecule has 1 fully saturated rings. The van der Waals surface area contributed by atoms with Gasteiger partial charge in [0.2, 0.25) is 5.95 Å². The maximum Gasteiger partial charge on any atom is 0.239 e. The van der Waals surface area contributed by atoms with Gasteiger partial charge in [0.25, 0.3) is 0 Å². The van der Waals surface area contributed by atoms with Crippen LogP contribution in [-0.2, 0) is 24.6 Å². The monoisotopic (exact) mass is 406 g/mol. The van der Waals surface area contributed by atoms with Gasteiger partial charge in [-0.1, -0.05) is 19.1 Å². The molecule has 0 saturated carbocycles. The molecule has 2 N–H and O–H groups in total. The summed E-state index contributed by atoms with van der Waals surface area (Å²) in [5.41, 5.74) is 9.38. The SMILES string of the molecule is CCc1nc2ccccc2n1-c1nc(N2CCOCC2)c2nc(CCN)n(C)c2n1. The highest BCUT2D eigenvalue weighted by atomic mass is 16.5. The Bertz CT molecular complexity index is 1200. The van der Waals surface area contributed by atoms with Crippen LogP contribution >= 0.6 is 0 Å². The summed E-state index contributed by atoms with van der Waals surface area (Å²) >= 11 is 0. The van der Waals surface area contributed by atoms with Gasteiger partial charge in [-0.3, -0.25) is 4.57 Å². The lowest BCUT2D eigenvalue weighted by atomic mass is 10.3. The van der Waals surface area contributed by atoms with Crippen LogP contribution in [0, 0.1) is 0 Å². The van der Waals surface area contributed by atoms with Crippen molar-refractivity contribution in [2.24, 2.45) is 12.8 Å². The van der Waals surface area contributed by atoms with Crippen molar-refractivity contribution in [1.29, 1.82) is 0 Å². The summed E-state index contributed by atoms with van der Waals surface area (Å²) in [6.45, 7) is 5.55. The van der Waals surface area contributed by atoms with Gasteiger partial charge in [-0.2, -0.15) is 9.97 Å². The van der Waals surface area contributed by atoms with Gasteiger partial charge in [0.1, 0.15) is 11.6 Å². The third kappa shape index (κ3) is 3.01. The Morgan fingerprint density at radius 3 is 2.60 bits per heavy atom. The first-order valence-corrected chi connectivity index (χ1v) is 10.4. The van der Waals surface area contributed by atoms with E-state index in [0.717, 1.165) is 59.2 Å². The Labute approximate surface area is 174 Å². The van der Waals surface area contributed by atoms with Crippen LogP contribution in [0.25, 0.3) is 28.1 Å². The van der Waals surface area contributed by atoms with E-state index < -0.39 is 0 Å². The Kier molecular flexibility index (Phi) is 4.84. The first-order chi connectivity index (χ1) is 14.7. The Hall–Kier alpha value is -3.04. The maximum absolute atomic E-state index is 5.81. The Balaban J connectivity index is 1.78. The fourth-order valence-corrected chi connectivity index (χ4v) is 4.07. The third-order valence-corrected chi connectivity index (χ3v) is 5.61. The molecule has 1 saturated heterocycles. The molecule has 3 aromatic heterocycles. The number of anilines is 1. The third-order valence-electron chi connectivity index (χ3n) is 5.61. The molecule has 9 nitrogen and oxygen atoms in total. The van der Waals surface area contributed by atoms with Gasteiger partial charge in [-0.05, 0) is 18.7 Å². The highest BCUT2D eigenvalue weighted by Gasteiger charge is 2.23. The number of hydrogen-bond donors (Lipinski definition) is 1.